The Morgan fingerprint density at radius 2 is 1.80 bits per heavy atom. The van der Waals surface area contributed by atoms with Gasteiger partial charge < -0.3 is 9.52 Å². The van der Waals surface area contributed by atoms with Crippen LogP contribution in [-0.4, -0.2) is 16.3 Å². The predicted octanol–water partition coefficient (Wildman–Crippen LogP) is 7.41. The molecule has 0 aliphatic heterocycles. The Balaban J connectivity index is 1.54. The number of fused-ring (bicyclic) bond motifs is 2. The molecule has 0 saturated carbocycles. The van der Waals surface area contributed by atoms with Crippen LogP contribution < -0.4 is 0 Å². The molecule has 0 spiro atoms. The first-order valence-electron chi connectivity index (χ1n) is 9.19. The third-order valence-electron chi connectivity index (χ3n) is 4.82. The summed E-state index contributed by atoms with van der Waals surface area (Å²) < 4.78 is 5.84. The number of aromatic hydroxyl groups is 1. The number of halogens is 2. The molecular formula is C24H14Cl2N2O2. The minimum Gasteiger partial charge on any atom is -0.507 e. The zero-order valence-corrected chi connectivity index (χ0v) is 17.0. The van der Waals surface area contributed by atoms with Crippen molar-refractivity contribution >= 4 is 57.0 Å². The number of aliphatic imine (C=N–C) groups is 1. The largest absolute Gasteiger partial charge is 0.507 e. The molecule has 1 aromatic heterocycles. The molecule has 0 saturated heterocycles. The van der Waals surface area contributed by atoms with E-state index >= 15 is 0 Å². The Kier molecular flexibility index (Phi) is 4.66. The SMILES string of the molecule is Oc1ccc2ccccc2c1C=Nc1ccc2oc(-c3cc(Cl)ccc3Cl)nc2c1. The number of phenols is 1. The Morgan fingerprint density at radius 1 is 0.933 bits per heavy atom. The van der Waals surface area contributed by atoms with Gasteiger partial charge >= 0.3 is 0 Å². The van der Waals surface area contributed by atoms with E-state index in [1.807, 2.05) is 42.5 Å². The molecule has 0 fully saturated rings. The maximum absolute atomic E-state index is 10.3. The van der Waals surface area contributed by atoms with Gasteiger partial charge in [0.2, 0.25) is 5.89 Å². The van der Waals surface area contributed by atoms with Gasteiger partial charge in [-0.25, -0.2) is 4.98 Å². The van der Waals surface area contributed by atoms with Gasteiger partial charge in [0, 0.05) is 16.8 Å². The fourth-order valence-corrected chi connectivity index (χ4v) is 3.70. The summed E-state index contributed by atoms with van der Waals surface area (Å²) in [5.41, 5.74) is 3.25. The third kappa shape index (κ3) is 3.41. The van der Waals surface area contributed by atoms with E-state index in [1.54, 1.807) is 36.5 Å². The van der Waals surface area contributed by atoms with Gasteiger partial charge in [0.15, 0.2) is 5.58 Å². The Morgan fingerprint density at radius 3 is 2.70 bits per heavy atom. The van der Waals surface area contributed by atoms with Gasteiger partial charge in [0.1, 0.15) is 11.3 Å². The van der Waals surface area contributed by atoms with Gasteiger partial charge in [-0.05, 0) is 53.2 Å². The zero-order valence-electron chi connectivity index (χ0n) is 15.5. The lowest BCUT2D eigenvalue weighted by Gasteiger charge is -2.04. The molecule has 30 heavy (non-hydrogen) atoms. The molecule has 4 aromatic carbocycles. The van der Waals surface area contributed by atoms with E-state index in [1.165, 1.54) is 0 Å². The summed E-state index contributed by atoms with van der Waals surface area (Å²) in [4.78, 5) is 9.07. The summed E-state index contributed by atoms with van der Waals surface area (Å²) in [6.45, 7) is 0. The molecule has 0 bridgehead atoms. The van der Waals surface area contributed by atoms with Gasteiger partial charge in [0.05, 0.1) is 16.3 Å². The monoisotopic (exact) mass is 432 g/mol. The summed E-state index contributed by atoms with van der Waals surface area (Å²) in [6, 6.07) is 22.0. The number of nitrogens with zero attached hydrogens (tertiary/aromatic N) is 2. The molecule has 0 radical (unpaired) electrons. The van der Waals surface area contributed by atoms with Crippen molar-refractivity contribution in [3.63, 3.8) is 0 Å². The third-order valence-corrected chi connectivity index (χ3v) is 5.39. The second-order valence-corrected chi connectivity index (χ2v) is 7.62. The maximum atomic E-state index is 10.3. The van der Waals surface area contributed by atoms with Gasteiger partial charge in [-0.2, -0.15) is 0 Å². The first kappa shape index (κ1) is 18.7. The van der Waals surface area contributed by atoms with Crippen LogP contribution in [0.2, 0.25) is 10.0 Å². The fraction of sp³-hybridized carbons (Fsp3) is 0. The van der Waals surface area contributed by atoms with E-state index in [2.05, 4.69) is 9.98 Å². The van der Waals surface area contributed by atoms with Crippen molar-refractivity contribution in [3.8, 4) is 17.2 Å². The van der Waals surface area contributed by atoms with Gasteiger partial charge in [-0.1, -0.05) is 53.5 Å². The smallest absolute Gasteiger partial charge is 0.228 e. The van der Waals surface area contributed by atoms with Crippen LogP contribution in [0.5, 0.6) is 5.75 Å². The Bertz CT molecular complexity index is 1440. The van der Waals surface area contributed by atoms with Crippen LogP contribution >= 0.6 is 23.2 Å². The minimum absolute atomic E-state index is 0.179. The summed E-state index contributed by atoms with van der Waals surface area (Å²) in [6.07, 6.45) is 1.66. The Labute approximate surface area is 182 Å². The first-order chi connectivity index (χ1) is 14.6. The zero-order chi connectivity index (χ0) is 20.7. The van der Waals surface area contributed by atoms with Crippen LogP contribution in [0.15, 0.2) is 82.2 Å². The number of hydrogen-bond donors (Lipinski definition) is 1. The highest BCUT2D eigenvalue weighted by Gasteiger charge is 2.13. The van der Waals surface area contributed by atoms with E-state index in [9.17, 15) is 5.11 Å². The number of rotatable bonds is 3. The standard InChI is InChI=1S/C24H14Cl2N2O2/c25-15-6-8-20(26)18(11-15)24-28-21-12-16(7-10-23(21)30-24)27-13-19-17-4-2-1-3-14(17)5-9-22(19)29/h1-13,29H. The van der Waals surface area contributed by atoms with Crippen molar-refractivity contribution in [2.45, 2.75) is 0 Å². The molecule has 1 N–H and O–H groups in total. The van der Waals surface area contributed by atoms with Crippen LogP contribution in [0.4, 0.5) is 5.69 Å². The second kappa shape index (κ2) is 7.48. The van der Waals surface area contributed by atoms with Crippen molar-refractivity contribution in [1.29, 1.82) is 0 Å². The number of hydrogen-bond acceptors (Lipinski definition) is 4. The van der Waals surface area contributed by atoms with Crippen molar-refractivity contribution in [1.82, 2.24) is 4.98 Å². The second-order valence-electron chi connectivity index (χ2n) is 6.77. The summed E-state index contributed by atoms with van der Waals surface area (Å²) >= 11 is 12.3. The number of aromatic nitrogens is 1. The first-order valence-corrected chi connectivity index (χ1v) is 9.95. The van der Waals surface area contributed by atoms with Gasteiger partial charge in [-0.15, -0.1) is 0 Å². The molecule has 5 rings (SSSR count). The number of benzene rings is 4. The van der Waals surface area contributed by atoms with Crippen LogP contribution in [0, 0.1) is 0 Å². The van der Waals surface area contributed by atoms with Crippen LogP contribution in [0.25, 0.3) is 33.3 Å². The molecule has 0 aliphatic carbocycles. The van der Waals surface area contributed by atoms with E-state index in [0.717, 1.165) is 10.8 Å². The highest BCUT2D eigenvalue weighted by Crippen LogP contribution is 2.33. The maximum Gasteiger partial charge on any atom is 0.228 e. The molecular weight excluding hydrogens is 419 g/mol. The van der Waals surface area contributed by atoms with Crippen molar-refractivity contribution in [2.24, 2.45) is 4.99 Å². The lowest BCUT2D eigenvalue weighted by molar-refractivity contribution is 0.475. The summed E-state index contributed by atoms with van der Waals surface area (Å²) in [5, 5.41) is 13.3. The lowest BCUT2D eigenvalue weighted by Crippen LogP contribution is -1.85. The van der Waals surface area contributed by atoms with E-state index in [-0.39, 0.29) is 5.75 Å². The lowest BCUT2D eigenvalue weighted by atomic mass is 10.0. The van der Waals surface area contributed by atoms with Crippen LogP contribution in [0.3, 0.4) is 0 Å². The quantitative estimate of drug-likeness (QED) is 0.302. The Hall–Kier alpha value is -3.34. The van der Waals surface area contributed by atoms with Crippen molar-refractivity contribution in [3.05, 3.63) is 88.4 Å². The van der Waals surface area contributed by atoms with Gasteiger partial charge in [-0.3, -0.25) is 4.99 Å². The highest BCUT2D eigenvalue weighted by molar-refractivity contribution is 6.35. The topological polar surface area (TPSA) is 58.6 Å². The van der Waals surface area contributed by atoms with Crippen LogP contribution in [-0.2, 0) is 0 Å². The van der Waals surface area contributed by atoms with E-state index in [0.29, 0.717) is 43.9 Å². The molecule has 4 nitrogen and oxygen atoms in total. The predicted molar refractivity (Wildman–Crippen MR) is 122 cm³/mol. The van der Waals surface area contributed by atoms with Crippen molar-refractivity contribution in [2.75, 3.05) is 0 Å². The van der Waals surface area contributed by atoms with E-state index in [4.69, 9.17) is 27.6 Å². The fourth-order valence-electron chi connectivity index (χ4n) is 3.33. The molecule has 146 valence electrons. The summed E-state index contributed by atoms with van der Waals surface area (Å²) in [5.74, 6) is 0.572. The van der Waals surface area contributed by atoms with Crippen molar-refractivity contribution < 1.29 is 9.52 Å². The minimum atomic E-state index is 0.179. The number of oxazole rings is 1. The summed E-state index contributed by atoms with van der Waals surface area (Å²) in [7, 11) is 0. The molecule has 0 atom stereocenters. The molecule has 1 heterocycles. The molecule has 0 aliphatic rings. The molecule has 6 heteroatoms. The molecule has 0 amide bonds. The average molecular weight is 433 g/mol. The number of phenolic OH excluding ortho intramolecular Hbond substituents is 1. The normalized spacial score (nSPS) is 11.7. The van der Waals surface area contributed by atoms with E-state index < -0.39 is 0 Å². The molecule has 0 unspecified atom stereocenters. The average Bonchev–Trinajstić information content (AvgIpc) is 3.18. The van der Waals surface area contributed by atoms with Gasteiger partial charge in [0.25, 0.3) is 0 Å². The molecule has 5 aromatic rings. The highest BCUT2D eigenvalue weighted by atomic mass is 35.5. The van der Waals surface area contributed by atoms with Crippen LogP contribution in [0.1, 0.15) is 5.56 Å².